The highest BCUT2D eigenvalue weighted by atomic mass is 16.5. The van der Waals surface area contributed by atoms with Gasteiger partial charge in [-0.15, -0.1) is 0 Å². The van der Waals surface area contributed by atoms with Crippen LogP contribution in [0.25, 0.3) is 0 Å². The van der Waals surface area contributed by atoms with Gasteiger partial charge in [-0.05, 0) is 50.3 Å². The summed E-state index contributed by atoms with van der Waals surface area (Å²) in [6, 6.07) is 6.54. The maximum absolute atomic E-state index is 12.1. The number of carbonyl (C=O) groups is 2. The van der Waals surface area contributed by atoms with E-state index in [4.69, 9.17) is 9.84 Å². The van der Waals surface area contributed by atoms with Gasteiger partial charge in [-0.1, -0.05) is 17.7 Å². The van der Waals surface area contributed by atoms with Gasteiger partial charge in [-0.2, -0.15) is 0 Å². The maximum Gasteiger partial charge on any atom is 0.341 e. The molecule has 2 rings (SSSR count). The maximum atomic E-state index is 12.1. The number of rotatable bonds is 7. The fourth-order valence-corrected chi connectivity index (χ4v) is 2.44. The fraction of sp³-hybridized carbons (Fsp3) is 0.412. The van der Waals surface area contributed by atoms with Gasteiger partial charge in [0.15, 0.2) is 6.61 Å². The molecule has 0 fully saturated rings. The summed E-state index contributed by atoms with van der Waals surface area (Å²) < 4.78 is 5.07. The minimum atomic E-state index is -1.05. The van der Waals surface area contributed by atoms with Crippen LogP contribution in [0.5, 0.6) is 5.75 Å². The summed E-state index contributed by atoms with van der Waals surface area (Å²) in [7, 11) is 0. The molecule has 5 heteroatoms. The van der Waals surface area contributed by atoms with Crippen molar-refractivity contribution in [2.75, 3.05) is 13.2 Å². The lowest BCUT2D eigenvalue weighted by Gasteiger charge is -2.13. The Balaban J connectivity index is 1.82. The van der Waals surface area contributed by atoms with Gasteiger partial charge < -0.3 is 15.2 Å². The Bertz CT molecular complexity index is 566. The van der Waals surface area contributed by atoms with Crippen LogP contribution in [0.1, 0.15) is 42.5 Å². The van der Waals surface area contributed by atoms with Crippen molar-refractivity contribution < 1.29 is 19.4 Å². The van der Waals surface area contributed by atoms with E-state index >= 15 is 0 Å². The SMILES string of the molecule is O=C(O)COc1cccc(C(=O)NCCC2=CCCCC2)c1. The smallest absolute Gasteiger partial charge is 0.341 e. The summed E-state index contributed by atoms with van der Waals surface area (Å²) in [5.74, 6) is -0.835. The van der Waals surface area contributed by atoms with E-state index in [1.807, 2.05) is 0 Å². The topological polar surface area (TPSA) is 75.6 Å². The van der Waals surface area contributed by atoms with E-state index in [2.05, 4.69) is 11.4 Å². The number of hydrogen-bond acceptors (Lipinski definition) is 3. The third-order valence-electron chi connectivity index (χ3n) is 3.58. The number of carbonyl (C=O) groups excluding carboxylic acids is 1. The molecule has 0 aliphatic heterocycles. The van der Waals surface area contributed by atoms with Crippen LogP contribution < -0.4 is 10.1 Å². The van der Waals surface area contributed by atoms with Crippen LogP contribution in [0, 0.1) is 0 Å². The van der Waals surface area contributed by atoms with Crippen molar-refractivity contribution in [3.8, 4) is 5.75 Å². The quantitative estimate of drug-likeness (QED) is 0.759. The van der Waals surface area contributed by atoms with Crippen molar-refractivity contribution in [1.82, 2.24) is 5.32 Å². The first kappa shape index (κ1) is 16.1. The molecule has 0 bridgehead atoms. The van der Waals surface area contributed by atoms with Crippen molar-refractivity contribution in [3.63, 3.8) is 0 Å². The summed E-state index contributed by atoms with van der Waals surface area (Å²) in [6.45, 7) is 0.199. The number of amides is 1. The van der Waals surface area contributed by atoms with E-state index in [1.54, 1.807) is 24.3 Å². The van der Waals surface area contributed by atoms with E-state index in [9.17, 15) is 9.59 Å². The lowest BCUT2D eigenvalue weighted by molar-refractivity contribution is -0.139. The number of allylic oxidation sites excluding steroid dienone is 1. The highest BCUT2D eigenvalue weighted by Gasteiger charge is 2.08. The molecule has 22 heavy (non-hydrogen) atoms. The zero-order chi connectivity index (χ0) is 15.8. The number of aliphatic carboxylic acids is 1. The predicted octanol–water partition coefficient (Wildman–Crippen LogP) is 2.77. The summed E-state index contributed by atoms with van der Waals surface area (Å²) >= 11 is 0. The Morgan fingerprint density at radius 3 is 2.86 bits per heavy atom. The zero-order valence-corrected chi connectivity index (χ0v) is 12.5. The summed E-state index contributed by atoms with van der Waals surface area (Å²) in [5, 5.41) is 11.5. The van der Waals surface area contributed by atoms with E-state index in [0.717, 1.165) is 19.3 Å². The molecule has 0 radical (unpaired) electrons. The van der Waals surface area contributed by atoms with Crippen LogP contribution in [0.2, 0.25) is 0 Å². The van der Waals surface area contributed by atoms with Crippen LogP contribution in [0.3, 0.4) is 0 Å². The molecule has 118 valence electrons. The standard InChI is InChI=1S/C17H21NO4/c19-16(20)12-22-15-8-4-7-14(11-15)17(21)18-10-9-13-5-2-1-3-6-13/h4-5,7-8,11H,1-3,6,9-10,12H2,(H,18,21)(H,19,20). The number of carboxylic acids is 1. The average Bonchev–Trinajstić information content (AvgIpc) is 2.54. The molecule has 0 atom stereocenters. The molecule has 5 nitrogen and oxygen atoms in total. The first-order valence-corrected chi connectivity index (χ1v) is 7.56. The summed E-state index contributed by atoms with van der Waals surface area (Å²) in [5.41, 5.74) is 1.89. The largest absolute Gasteiger partial charge is 0.482 e. The molecule has 1 aliphatic carbocycles. The lowest BCUT2D eigenvalue weighted by Crippen LogP contribution is -2.25. The van der Waals surface area contributed by atoms with E-state index in [-0.39, 0.29) is 5.91 Å². The fourth-order valence-electron chi connectivity index (χ4n) is 2.44. The number of benzene rings is 1. The number of hydrogen-bond donors (Lipinski definition) is 2. The summed E-state index contributed by atoms with van der Waals surface area (Å²) in [4.78, 5) is 22.5. The molecule has 2 N–H and O–H groups in total. The van der Waals surface area contributed by atoms with Gasteiger partial charge >= 0.3 is 5.97 Å². The van der Waals surface area contributed by atoms with Crippen LogP contribution in [0.4, 0.5) is 0 Å². The van der Waals surface area contributed by atoms with Gasteiger partial charge in [0.2, 0.25) is 0 Å². The highest BCUT2D eigenvalue weighted by molar-refractivity contribution is 5.94. The van der Waals surface area contributed by atoms with Gasteiger partial charge in [-0.25, -0.2) is 4.79 Å². The van der Waals surface area contributed by atoms with Crippen LogP contribution >= 0.6 is 0 Å². The molecule has 1 aromatic rings. The molecule has 0 heterocycles. The molecule has 0 saturated carbocycles. The molecular formula is C17H21NO4. The van der Waals surface area contributed by atoms with E-state index < -0.39 is 12.6 Å². The van der Waals surface area contributed by atoms with Crippen molar-refractivity contribution in [1.29, 1.82) is 0 Å². The van der Waals surface area contributed by atoms with Crippen LogP contribution in [0.15, 0.2) is 35.9 Å². The molecule has 0 spiro atoms. The van der Waals surface area contributed by atoms with E-state index in [1.165, 1.54) is 18.4 Å². The highest BCUT2D eigenvalue weighted by Crippen LogP contribution is 2.19. The zero-order valence-electron chi connectivity index (χ0n) is 12.5. The first-order valence-electron chi connectivity index (χ1n) is 7.56. The lowest BCUT2D eigenvalue weighted by atomic mass is 9.97. The Labute approximate surface area is 130 Å². The third-order valence-corrected chi connectivity index (χ3v) is 3.58. The third kappa shape index (κ3) is 5.24. The van der Waals surface area contributed by atoms with Gasteiger partial charge in [0.05, 0.1) is 0 Å². The average molecular weight is 303 g/mol. The second kappa shape index (κ2) is 8.22. The molecule has 1 aliphatic rings. The van der Waals surface area contributed by atoms with Crippen molar-refractivity contribution in [2.45, 2.75) is 32.1 Å². The van der Waals surface area contributed by atoms with Crippen LogP contribution in [-0.4, -0.2) is 30.1 Å². The number of ether oxygens (including phenoxy) is 1. The monoisotopic (exact) mass is 303 g/mol. The Hall–Kier alpha value is -2.30. The minimum Gasteiger partial charge on any atom is -0.482 e. The normalized spacial score (nSPS) is 14.1. The number of carboxylic acid groups (broad SMARTS) is 1. The molecule has 1 amide bonds. The predicted molar refractivity (Wildman–Crippen MR) is 83.1 cm³/mol. The first-order chi connectivity index (χ1) is 10.6. The molecule has 0 saturated heterocycles. The van der Waals surface area contributed by atoms with Gasteiger partial charge in [-0.3, -0.25) is 4.79 Å². The Morgan fingerprint density at radius 1 is 1.27 bits per heavy atom. The molecule has 0 aromatic heterocycles. The minimum absolute atomic E-state index is 0.169. The second-order valence-electron chi connectivity index (χ2n) is 5.32. The molecule has 0 unspecified atom stereocenters. The van der Waals surface area contributed by atoms with Crippen molar-refractivity contribution in [3.05, 3.63) is 41.5 Å². The van der Waals surface area contributed by atoms with Crippen molar-refractivity contribution in [2.24, 2.45) is 0 Å². The van der Waals surface area contributed by atoms with Crippen molar-refractivity contribution >= 4 is 11.9 Å². The summed E-state index contributed by atoms with van der Waals surface area (Å²) in [6.07, 6.45) is 7.94. The number of nitrogens with one attached hydrogen (secondary N) is 1. The Kier molecular flexibility index (Phi) is 6.01. The van der Waals surface area contributed by atoms with Gasteiger partial charge in [0, 0.05) is 12.1 Å². The molecule has 1 aromatic carbocycles. The second-order valence-corrected chi connectivity index (χ2v) is 5.32. The Morgan fingerprint density at radius 2 is 2.14 bits per heavy atom. The van der Waals surface area contributed by atoms with Gasteiger partial charge in [0.1, 0.15) is 5.75 Å². The molecular weight excluding hydrogens is 282 g/mol. The van der Waals surface area contributed by atoms with Crippen LogP contribution in [-0.2, 0) is 4.79 Å². The van der Waals surface area contributed by atoms with E-state index in [0.29, 0.717) is 17.9 Å². The van der Waals surface area contributed by atoms with Gasteiger partial charge in [0.25, 0.3) is 5.91 Å².